The molecule has 138 valence electrons. The molecule has 0 radical (unpaired) electrons. The number of nitrogens with one attached hydrogen (secondary N) is 1. The molecule has 1 saturated heterocycles. The molecule has 1 fully saturated rings. The van der Waals surface area contributed by atoms with Gasteiger partial charge in [-0.25, -0.2) is 9.67 Å². The molecule has 0 bridgehead atoms. The SMILES string of the molecule is O=C(Nc1nc2c(s1)CCCCC2)c1cn(CC(=O)N2CCCC2)nn1. The van der Waals surface area contributed by atoms with E-state index in [1.54, 1.807) is 11.3 Å². The lowest BCUT2D eigenvalue weighted by Gasteiger charge is -2.14. The highest BCUT2D eigenvalue weighted by Crippen LogP contribution is 2.29. The standard InChI is InChI=1S/C17H22N6O2S/c24-15(22-8-4-5-9-22)11-23-10-13(20-21-23)16(25)19-17-18-12-6-2-1-3-7-14(12)26-17/h10H,1-9,11H2,(H,18,19,25). The van der Waals surface area contributed by atoms with Crippen molar-refractivity contribution in [1.29, 1.82) is 0 Å². The summed E-state index contributed by atoms with van der Waals surface area (Å²) >= 11 is 1.55. The van der Waals surface area contributed by atoms with Gasteiger partial charge in [0.15, 0.2) is 10.8 Å². The molecule has 0 saturated carbocycles. The Labute approximate surface area is 155 Å². The zero-order valence-corrected chi connectivity index (χ0v) is 15.4. The van der Waals surface area contributed by atoms with E-state index in [0.29, 0.717) is 5.13 Å². The van der Waals surface area contributed by atoms with E-state index in [9.17, 15) is 9.59 Å². The van der Waals surface area contributed by atoms with E-state index in [2.05, 4.69) is 20.6 Å². The Morgan fingerprint density at radius 2 is 1.92 bits per heavy atom. The van der Waals surface area contributed by atoms with Crippen molar-refractivity contribution in [2.75, 3.05) is 18.4 Å². The topological polar surface area (TPSA) is 93.0 Å². The van der Waals surface area contributed by atoms with Gasteiger partial charge in [-0.15, -0.1) is 16.4 Å². The summed E-state index contributed by atoms with van der Waals surface area (Å²) in [6.07, 6.45) is 9.22. The summed E-state index contributed by atoms with van der Waals surface area (Å²) in [7, 11) is 0. The molecule has 2 aromatic rings. The second-order valence-corrected chi connectivity index (χ2v) is 7.88. The molecule has 2 aromatic heterocycles. The molecule has 9 heteroatoms. The molecule has 2 amide bonds. The van der Waals surface area contributed by atoms with Gasteiger partial charge in [-0.1, -0.05) is 11.6 Å². The van der Waals surface area contributed by atoms with Crippen LogP contribution in [-0.4, -0.2) is 49.8 Å². The van der Waals surface area contributed by atoms with Gasteiger partial charge in [-0.3, -0.25) is 14.9 Å². The number of likely N-dealkylation sites (tertiary alicyclic amines) is 1. The van der Waals surface area contributed by atoms with E-state index in [1.807, 2.05) is 4.90 Å². The van der Waals surface area contributed by atoms with Gasteiger partial charge >= 0.3 is 0 Å². The number of carbonyl (C=O) groups is 2. The third-order valence-electron chi connectivity index (χ3n) is 4.84. The second-order valence-electron chi connectivity index (χ2n) is 6.79. The summed E-state index contributed by atoms with van der Waals surface area (Å²) in [5.41, 5.74) is 1.31. The maximum atomic E-state index is 12.4. The van der Waals surface area contributed by atoms with Crippen LogP contribution in [-0.2, 0) is 24.2 Å². The minimum Gasteiger partial charge on any atom is -0.341 e. The Bertz CT molecular complexity index is 785. The number of nitrogens with zero attached hydrogens (tertiary/aromatic N) is 5. The number of thiazole rings is 1. The van der Waals surface area contributed by atoms with Crippen molar-refractivity contribution in [3.8, 4) is 0 Å². The first-order valence-electron chi connectivity index (χ1n) is 9.17. The molecule has 26 heavy (non-hydrogen) atoms. The maximum absolute atomic E-state index is 12.4. The van der Waals surface area contributed by atoms with Crippen LogP contribution in [0.3, 0.4) is 0 Å². The van der Waals surface area contributed by atoms with Crippen molar-refractivity contribution in [1.82, 2.24) is 24.9 Å². The average Bonchev–Trinajstić information content (AvgIpc) is 3.35. The summed E-state index contributed by atoms with van der Waals surface area (Å²) in [4.78, 5) is 32.2. The lowest BCUT2D eigenvalue weighted by atomic mass is 10.2. The number of rotatable bonds is 4. The maximum Gasteiger partial charge on any atom is 0.279 e. The fraction of sp³-hybridized carbons (Fsp3) is 0.588. The highest BCUT2D eigenvalue weighted by molar-refractivity contribution is 7.15. The van der Waals surface area contributed by atoms with Gasteiger partial charge in [-0.05, 0) is 38.5 Å². The molecular weight excluding hydrogens is 352 g/mol. The Balaban J connectivity index is 1.38. The first kappa shape index (κ1) is 17.1. The smallest absolute Gasteiger partial charge is 0.279 e. The number of hydrogen-bond donors (Lipinski definition) is 1. The molecule has 2 aliphatic rings. The van der Waals surface area contributed by atoms with E-state index >= 15 is 0 Å². The van der Waals surface area contributed by atoms with Crippen molar-refractivity contribution >= 4 is 28.3 Å². The summed E-state index contributed by atoms with van der Waals surface area (Å²) in [5, 5.41) is 11.2. The molecule has 3 heterocycles. The van der Waals surface area contributed by atoms with Gasteiger partial charge in [0.1, 0.15) is 6.54 Å². The van der Waals surface area contributed by atoms with Crippen LogP contribution in [0.1, 0.15) is 53.2 Å². The van der Waals surface area contributed by atoms with Crippen molar-refractivity contribution in [3.05, 3.63) is 22.5 Å². The third kappa shape index (κ3) is 3.77. The van der Waals surface area contributed by atoms with Crippen molar-refractivity contribution in [3.63, 3.8) is 0 Å². The quantitative estimate of drug-likeness (QED) is 0.825. The summed E-state index contributed by atoms with van der Waals surface area (Å²) in [6, 6.07) is 0. The fourth-order valence-corrected chi connectivity index (χ4v) is 4.47. The number of anilines is 1. The van der Waals surface area contributed by atoms with Crippen LogP contribution >= 0.6 is 11.3 Å². The molecule has 0 unspecified atom stereocenters. The Morgan fingerprint density at radius 3 is 2.77 bits per heavy atom. The zero-order chi connectivity index (χ0) is 17.9. The summed E-state index contributed by atoms with van der Waals surface area (Å²) < 4.78 is 1.42. The third-order valence-corrected chi connectivity index (χ3v) is 5.92. The molecular formula is C17H22N6O2S. The van der Waals surface area contributed by atoms with Crippen LogP contribution in [0.15, 0.2) is 6.20 Å². The number of aryl methyl sites for hydroxylation is 2. The van der Waals surface area contributed by atoms with E-state index in [-0.39, 0.29) is 24.1 Å². The minimum atomic E-state index is -0.339. The van der Waals surface area contributed by atoms with Gasteiger partial charge < -0.3 is 4.90 Å². The molecule has 0 spiro atoms. The van der Waals surface area contributed by atoms with Crippen molar-refractivity contribution in [2.24, 2.45) is 0 Å². The van der Waals surface area contributed by atoms with Gasteiger partial charge in [0.05, 0.1) is 11.9 Å². The van der Waals surface area contributed by atoms with E-state index in [1.165, 1.54) is 28.6 Å². The monoisotopic (exact) mass is 374 g/mol. The molecule has 8 nitrogen and oxygen atoms in total. The van der Waals surface area contributed by atoms with Crippen molar-refractivity contribution in [2.45, 2.75) is 51.5 Å². The number of amides is 2. The van der Waals surface area contributed by atoms with Crippen LogP contribution in [0.25, 0.3) is 0 Å². The highest BCUT2D eigenvalue weighted by Gasteiger charge is 2.20. The van der Waals surface area contributed by atoms with Crippen LogP contribution in [0, 0.1) is 0 Å². The first-order chi connectivity index (χ1) is 12.7. The van der Waals surface area contributed by atoms with Crippen LogP contribution in [0.5, 0.6) is 0 Å². The predicted octanol–water partition coefficient (Wildman–Crippen LogP) is 1.88. The van der Waals surface area contributed by atoms with Crippen LogP contribution in [0.4, 0.5) is 5.13 Å². The Kier molecular flexibility index (Phi) is 4.96. The number of hydrogen-bond acceptors (Lipinski definition) is 6. The molecule has 4 rings (SSSR count). The predicted molar refractivity (Wildman–Crippen MR) is 97.2 cm³/mol. The average molecular weight is 374 g/mol. The van der Waals surface area contributed by atoms with E-state index in [4.69, 9.17) is 0 Å². The number of carbonyl (C=O) groups excluding carboxylic acids is 2. The lowest BCUT2D eigenvalue weighted by Crippen LogP contribution is -2.31. The Hall–Kier alpha value is -2.29. The Morgan fingerprint density at radius 1 is 1.12 bits per heavy atom. The normalized spacial score (nSPS) is 17.0. The number of fused-ring (bicyclic) bond motifs is 1. The van der Waals surface area contributed by atoms with E-state index < -0.39 is 0 Å². The number of aromatic nitrogens is 4. The largest absolute Gasteiger partial charge is 0.341 e. The second kappa shape index (κ2) is 7.53. The zero-order valence-electron chi connectivity index (χ0n) is 14.6. The van der Waals surface area contributed by atoms with E-state index in [0.717, 1.165) is 50.9 Å². The van der Waals surface area contributed by atoms with Gasteiger partial charge in [0, 0.05) is 18.0 Å². The molecule has 0 atom stereocenters. The van der Waals surface area contributed by atoms with Gasteiger partial charge in [0.25, 0.3) is 5.91 Å². The first-order valence-corrected chi connectivity index (χ1v) is 9.98. The summed E-state index contributed by atoms with van der Waals surface area (Å²) in [6.45, 7) is 1.72. The molecule has 0 aromatic carbocycles. The molecule has 1 N–H and O–H groups in total. The minimum absolute atomic E-state index is 0.0167. The lowest BCUT2D eigenvalue weighted by molar-refractivity contribution is -0.130. The van der Waals surface area contributed by atoms with Crippen LogP contribution in [0.2, 0.25) is 0 Å². The van der Waals surface area contributed by atoms with Crippen molar-refractivity contribution < 1.29 is 9.59 Å². The summed E-state index contributed by atoms with van der Waals surface area (Å²) in [5.74, 6) is -0.322. The van der Waals surface area contributed by atoms with Gasteiger partial charge in [0.2, 0.25) is 5.91 Å². The molecule has 1 aliphatic heterocycles. The highest BCUT2D eigenvalue weighted by atomic mass is 32.1. The fourth-order valence-electron chi connectivity index (χ4n) is 3.43. The van der Waals surface area contributed by atoms with Gasteiger partial charge in [-0.2, -0.15) is 0 Å². The molecule has 1 aliphatic carbocycles. The van der Waals surface area contributed by atoms with Crippen LogP contribution < -0.4 is 5.32 Å².